The van der Waals surface area contributed by atoms with E-state index in [0.717, 1.165) is 13.3 Å². The Kier molecular flexibility index (Phi) is 6.23. The highest BCUT2D eigenvalue weighted by molar-refractivity contribution is 7.80. The molecular formula is C8H10N4O3S. The Hall–Kier alpha value is -2.14. The molecule has 7 nitrogen and oxygen atoms in total. The van der Waals surface area contributed by atoms with E-state index in [1.807, 2.05) is 0 Å². The summed E-state index contributed by atoms with van der Waals surface area (Å²) < 4.78 is 4.33. The molecule has 0 spiro atoms. The maximum absolute atomic E-state index is 10.9. The Morgan fingerprint density at radius 2 is 2.06 bits per heavy atom. The number of methoxy groups -OCH3 is 1. The largest absolute Gasteiger partial charge is 0.465 e. The van der Waals surface area contributed by atoms with E-state index < -0.39 is 5.97 Å². The zero-order valence-corrected chi connectivity index (χ0v) is 9.47. The third-order valence-electron chi connectivity index (χ3n) is 1.23. The highest BCUT2D eigenvalue weighted by atomic mass is 32.1. The number of hydrazine groups is 1. The van der Waals surface area contributed by atoms with Crippen molar-refractivity contribution in [2.45, 2.75) is 6.92 Å². The first-order valence-corrected chi connectivity index (χ1v) is 4.43. The predicted molar refractivity (Wildman–Crippen MR) is 58.4 cm³/mol. The van der Waals surface area contributed by atoms with Gasteiger partial charge in [0.05, 0.1) is 7.11 Å². The molecule has 0 unspecified atom stereocenters. The number of nitrogens with zero attached hydrogens (tertiary/aromatic N) is 1. The summed E-state index contributed by atoms with van der Waals surface area (Å²) in [6.45, 7) is 1.29. The number of carbonyl (C=O) groups excluding carboxylic acids is 2. The van der Waals surface area contributed by atoms with Crippen molar-refractivity contribution in [3.8, 4) is 6.07 Å². The van der Waals surface area contributed by atoms with Crippen LogP contribution < -0.4 is 16.2 Å². The van der Waals surface area contributed by atoms with E-state index in [1.165, 1.54) is 6.92 Å². The summed E-state index contributed by atoms with van der Waals surface area (Å²) in [5.74, 6) is -1.11. The minimum Gasteiger partial charge on any atom is -0.465 e. The zero-order chi connectivity index (χ0) is 12.6. The van der Waals surface area contributed by atoms with Crippen molar-refractivity contribution in [2.75, 3.05) is 7.11 Å². The quantitative estimate of drug-likeness (QED) is 0.189. The van der Waals surface area contributed by atoms with Crippen LogP contribution >= 0.6 is 12.2 Å². The van der Waals surface area contributed by atoms with Gasteiger partial charge >= 0.3 is 5.97 Å². The maximum atomic E-state index is 10.9. The molecule has 0 saturated carbocycles. The molecule has 0 rings (SSSR count). The number of nitriles is 1. The molecular weight excluding hydrogens is 232 g/mol. The Morgan fingerprint density at radius 3 is 2.50 bits per heavy atom. The van der Waals surface area contributed by atoms with Crippen LogP contribution in [0.15, 0.2) is 11.8 Å². The van der Waals surface area contributed by atoms with Gasteiger partial charge in [0, 0.05) is 13.1 Å². The topological polar surface area (TPSA) is 103 Å². The van der Waals surface area contributed by atoms with E-state index in [0.29, 0.717) is 0 Å². The lowest BCUT2D eigenvalue weighted by molar-refractivity contribution is -0.135. The summed E-state index contributed by atoms with van der Waals surface area (Å²) >= 11 is 4.72. The van der Waals surface area contributed by atoms with Crippen LogP contribution in [-0.4, -0.2) is 24.1 Å². The predicted octanol–water partition coefficient (Wildman–Crippen LogP) is -0.918. The van der Waals surface area contributed by atoms with Gasteiger partial charge < -0.3 is 10.1 Å². The molecule has 0 saturated heterocycles. The first-order chi connectivity index (χ1) is 7.51. The van der Waals surface area contributed by atoms with Gasteiger partial charge in [-0.2, -0.15) is 5.26 Å². The number of esters is 1. The number of nitrogens with one attached hydrogen (secondary N) is 3. The van der Waals surface area contributed by atoms with Crippen LogP contribution in [0.2, 0.25) is 0 Å². The minimum atomic E-state index is -0.780. The molecule has 0 radical (unpaired) electrons. The monoisotopic (exact) mass is 242 g/mol. The van der Waals surface area contributed by atoms with Crippen LogP contribution in [-0.2, 0) is 14.3 Å². The number of hydrogen-bond donors (Lipinski definition) is 3. The number of carbonyl (C=O) groups is 2. The molecule has 0 aromatic rings. The number of hydrogen-bond acceptors (Lipinski definition) is 5. The lowest BCUT2D eigenvalue weighted by Crippen LogP contribution is -2.44. The lowest BCUT2D eigenvalue weighted by Gasteiger charge is -2.06. The third kappa shape index (κ3) is 5.56. The van der Waals surface area contributed by atoms with Gasteiger partial charge in [0.2, 0.25) is 5.91 Å². The van der Waals surface area contributed by atoms with Crippen molar-refractivity contribution in [3.05, 3.63) is 11.8 Å². The number of rotatable bonds is 2. The normalized spacial score (nSPS) is 9.69. The molecule has 0 aliphatic heterocycles. The van der Waals surface area contributed by atoms with Crippen LogP contribution in [0.3, 0.4) is 0 Å². The van der Waals surface area contributed by atoms with Gasteiger partial charge in [0.1, 0.15) is 6.07 Å². The van der Waals surface area contributed by atoms with Crippen LogP contribution in [0.25, 0.3) is 0 Å². The second-order valence-corrected chi connectivity index (χ2v) is 2.85. The minimum absolute atomic E-state index is 0.0341. The van der Waals surface area contributed by atoms with Gasteiger partial charge in [-0.05, 0) is 12.2 Å². The Balaban J connectivity index is 4.24. The Morgan fingerprint density at radius 1 is 1.44 bits per heavy atom. The van der Waals surface area contributed by atoms with Gasteiger partial charge in [-0.15, -0.1) is 0 Å². The molecule has 0 aromatic heterocycles. The van der Waals surface area contributed by atoms with Gasteiger partial charge in [-0.3, -0.25) is 15.6 Å². The fraction of sp³-hybridized carbons (Fsp3) is 0.250. The molecule has 0 aromatic carbocycles. The smallest absolute Gasteiger partial charge is 0.350 e. The van der Waals surface area contributed by atoms with E-state index >= 15 is 0 Å². The average Bonchev–Trinajstić information content (AvgIpc) is 2.26. The summed E-state index contributed by atoms with van der Waals surface area (Å²) in [4.78, 5) is 21.4. The molecule has 0 heterocycles. The zero-order valence-electron chi connectivity index (χ0n) is 8.66. The maximum Gasteiger partial charge on any atom is 0.350 e. The van der Waals surface area contributed by atoms with Gasteiger partial charge in [0.25, 0.3) is 0 Å². The highest BCUT2D eigenvalue weighted by Gasteiger charge is 2.07. The van der Waals surface area contributed by atoms with E-state index in [-0.39, 0.29) is 16.6 Å². The Labute approximate surface area is 97.4 Å². The van der Waals surface area contributed by atoms with E-state index in [2.05, 4.69) is 20.9 Å². The Bertz CT molecular complexity index is 372. The van der Waals surface area contributed by atoms with Crippen molar-refractivity contribution in [2.24, 2.45) is 0 Å². The molecule has 0 fully saturated rings. The molecule has 1 amide bonds. The second kappa shape index (κ2) is 7.19. The van der Waals surface area contributed by atoms with E-state index in [9.17, 15) is 9.59 Å². The van der Waals surface area contributed by atoms with Gasteiger partial charge in [0.15, 0.2) is 10.7 Å². The molecule has 8 heteroatoms. The van der Waals surface area contributed by atoms with Crippen LogP contribution in [0.5, 0.6) is 0 Å². The standard InChI is InChI=1S/C8H10N4O3S/c1-5(13)11-12-8(16)10-4-6(3-9)7(14)15-2/h4H,1-2H3,(H,11,13)(H2,10,12,16)/b6-4+. The molecule has 86 valence electrons. The second-order valence-electron chi connectivity index (χ2n) is 2.44. The average molecular weight is 242 g/mol. The van der Waals surface area contributed by atoms with Crippen molar-refractivity contribution >= 4 is 29.2 Å². The summed E-state index contributed by atoms with van der Waals surface area (Å²) in [5, 5.41) is 11.0. The van der Waals surface area contributed by atoms with Crippen molar-refractivity contribution in [1.29, 1.82) is 5.26 Å². The van der Waals surface area contributed by atoms with Crippen molar-refractivity contribution < 1.29 is 14.3 Å². The number of thiocarbonyl (C=S) groups is 1. The fourth-order valence-corrected chi connectivity index (χ4v) is 0.675. The SMILES string of the molecule is COC(=O)/C(C#N)=C/NC(=S)NNC(C)=O. The fourth-order valence-electron chi connectivity index (χ4n) is 0.565. The van der Waals surface area contributed by atoms with Gasteiger partial charge in [-0.1, -0.05) is 0 Å². The molecule has 0 bridgehead atoms. The summed E-state index contributed by atoms with van der Waals surface area (Å²) in [5.41, 5.74) is 4.30. The molecule has 16 heavy (non-hydrogen) atoms. The molecule has 0 aliphatic carbocycles. The number of amides is 1. The molecule has 3 N–H and O–H groups in total. The first kappa shape index (κ1) is 13.9. The number of ether oxygens (including phenoxy) is 1. The van der Waals surface area contributed by atoms with E-state index in [1.54, 1.807) is 6.07 Å². The summed E-state index contributed by atoms with van der Waals surface area (Å²) in [7, 11) is 1.15. The highest BCUT2D eigenvalue weighted by Crippen LogP contribution is 1.92. The van der Waals surface area contributed by atoms with Crippen molar-refractivity contribution in [3.63, 3.8) is 0 Å². The lowest BCUT2D eigenvalue weighted by atomic mass is 10.3. The van der Waals surface area contributed by atoms with Crippen LogP contribution in [0.1, 0.15) is 6.92 Å². The van der Waals surface area contributed by atoms with E-state index in [4.69, 9.17) is 17.5 Å². The summed E-state index contributed by atoms with van der Waals surface area (Å²) in [6, 6.07) is 1.62. The third-order valence-corrected chi connectivity index (χ3v) is 1.45. The summed E-state index contributed by atoms with van der Waals surface area (Å²) in [6.07, 6.45) is 1.07. The molecule has 0 aliphatic rings. The first-order valence-electron chi connectivity index (χ1n) is 4.03. The van der Waals surface area contributed by atoms with Gasteiger partial charge in [-0.25, -0.2) is 4.79 Å². The van der Waals surface area contributed by atoms with Crippen LogP contribution in [0.4, 0.5) is 0 Å². The van der Waals surface area contributed by atoms with Crippen LogP contribution in [0, 0.1) is 11.3 Å². The molecule has 0 atom stereocenters. The van der Waals surface area contributed by atoms with Crippen molar-refractivity contribution in [1.82, 2.24) is 16.2 Å².